The Morgan fingerprint density at radius 2 is 2.15 bits per heavy atom. The van der Waals surface area contributed by atoms with Gasteiger partial charge in [0.05, 0.1) is 11.9 Å². The van der Waals surface area contributed by atoms with Gasteiger partial charge < -0.3 is 19.5 Å². The van der Waals surface area contributed by atoms with Crippen molar-refractivity contribution in [2.45, 2.75) is 45.3 Å². The van der Waals surface area contributed by atoms with Gasteiger partial charge in [0.1, 0.15) is 11.9 Å². The molecular weight excluding hydrogens is 505 g/mol. The summed E-state index contributed by atoms with van der Waals surface area (Å²) in [4.78, 5) is 34.5. The van der Waals surface area contributed by atoms with E-state index < -0.39 is 17.1 Å². The predicted octanol–water partition coefficient (Wildman–Crippen LogP) is 3.54. The molecule has 4 heterocycles. The number of fused-ring (bicyclic) bond motifs is 1. The highest BCUT2D eigenvalue weighted by molar-refractivity contribution is 5.96. The first kappa shape index (κ1) is 26.0. The van der Waals surface area contributed by atoms with Crippen molar-refractivity contribution >= 4 is 22.8 Å². The van der Waals surface area contributed by atoms with Crippen LogP contribution in [0, 0.1) is 5.82 Å². The lowest BCUT2D eigenvalue weighted by atomic mass is 9.97. The number of pyridine rings is 1. The summed E-state index contributed by atoms with van der Waals surface area (Å²) in [5.41, 5.74) is 1.65. The minimum atomic E-state index is -0.561. The summed E-state index contributed by atoms with van der Waals surface area (Å²) in [5, 5.41) is 14.1. The number of H-pyrrole nitrogens is 1. The summed E-state index contributed by atoms with van der Waals surface area (Å²) >= 11 is 0. The highest BCUT2D eigenvalue weighted by Gasteiger charge is 2.28. The maximum absolute atomic E-state index is 15.1. The van der Waals surface area contributed by atoms with E-state index in [1.807, 2.05) is 20.8 Å². The fraction of sp³-hybridized carbons (Fsp3) is 0.333. The maximum Gasteiger partial charge on any atom is 0.292 e. The van der Waals surface area contributed by atoms with Crippen molar-refractivity contribution < 1.29 is 23.2 Å². The van der Waals surface area contributed by atoms with Crippen molar-refractivity contribution in [2.75, 3.05) is 13.1 Å². The van der Waals surface area contributed by atoms with Gasteiger partial charge in [0, 0.05) is 36.7 Å². The Hall–Kier alpha value is -4.61. The maximum atomic E-state index is 15.1. The van der Waals surface area contributed by atoms with Crippen LogP contribution < -0.4 is 10.1 Å². The first-order valence-corrected chi connectivity index (χ1v) is 12.5. The average Bonchev–Trinajstić information content (AvgIpc) is 3.67. The Kier molecular flexibility index (Phi) is 6.85. The zero-order chi connectivity index (χ0) is 27.7. The number of benzene rings is 1. The standard InChI is InChI=1S/C27H28FN7O4/c1-5-20(36)35-11-9-17(14-35)38-25-21-18(8-10-29-22(21)32-33-25)15-6-7-16(19(28)12-15)13-30-24(37)23-31-26(39-34-23)27(2,3)4/h5-8,10,12,17H,1,9,11,13-14H2,2-4H3,(H,30,37)(H,29,32,33). The number of ether oxygens (including phenoxy) is 1. The molecule has 1 aliphatic rings. The van der Waals surface area contributed by atoms with E-state index >= 15 is 4.39 Å². The molecule has 11 nitrogen and oxygen atoms in total. The van der Waals surface area contributed by atoms with Gasteiger partial charge in [-0.15, -0.1) is 5.10 Å². The largest absolute Gasteiger partial charge is 0.471 e. The van der Waals surface area contributed by atoms with Crippen LogP contribution in [0.3, 0.4) is 0 Å². The average molecular weight is 534 g/mol. The van der Waals surface area contributed by atoms with Crippen LogP contribution in [0.5, 0.6) is 5.88 Å². The summed E-state index contributed by atoms with van der Waals surface area (Å²) in [6.45, 7) is 10.1. The first-order valence-electron chi connectivity index (χ1n) is 12.5. The molecule has 202 valence electrons. The summed E-state index contributed by atoms with van der Waals surface area (Å²) < 4.78 is 26.4. The number of aromatic nitrogens is 5. The monoisotopic (exact) mass is 533 g/mol. The molecule has 0 spiro atoms. The van der Waals surface area contributed by atoms with Gasteiger partial charge in [-0.05, 0) is 29.3 Å². The van der Waals surface area contributed by atoms with E-state index in [4.69, 9.17) is 9.26 Å². The summed E-state index contributed by atoms with van der Waals surface area (Å²) in [6.07, 6.45) is 3.30. The number of likely N-dealkylation sites (tertiary alicyclic amines) is 1. The van der Waals surface area contributed by atoms with Gasteiger partial charge in [0.2, 0.25) is 17.7 Å². The fourth-order valence-corrected chi connectivity index (χ4v) is 4.29. The van der Waals surface area contributed by atoms with Crippen LogP contribution in [0.4, 0.5) is 4.39 Å². The van der Waals surface area contributed by atoms with E-state index in [-0.39, 0.29) is 24.4 Å². The molecular formula is C27H28FN7O4. The summed E-state index contributed by atoms with van der Waals surface area (Å²) in [7, 11) is 0. The molecule has 4 aromatic rings. The van der Waals surface area contributed by atoms with Gasteiger partial charge in [-0.25, -0.2) is 9.37 Å². The molecule has 2 N–H and O–H groups in total. The Labute approximate surface area is 223 Å². The van der Waals surface area contributed by atoms with Crippen molar-refractivity contribution in [2.24, 2.45) is 0 Å². The number of nitrogens with zero attached hydrogens (tertiary/aromatic N) is 5. The molecule has 2 amide bonds. The number of hydrogen-bond acceptors (Lipinski definition) is 8. The topological polar surface area (TPSA) is 139 Å². The summed E-state index contributed by atoms with van der Waals surface area (Å²) in [6, 6.07) is 6.50. The smallest absolute Gasteiger partial charge is 0.292 e. The van der Waals surface area contributed by atoms with E-state index in [9.17, 15) is 9.59 Å². The molecule has 39 heavy (non-hydrogen) atoms. The van der Waals surface area contributed by atoms with E-state index in [0.717, 1.165) is 0 Å². The zero-order valence-electron chi connectivity index (χ0n) is 21.8. The lowest BCUT2D eigenvalue weighted by Crippen LogP contribution is -2.29. The number of hydrogen-bond donors (Lipinski definition) is 2. The molecule has 1 saturated heterocycles. The van der Waals surface area contributed by atoms with Crippen molar-refractivity contribution in [1.29, 1.82) is 0 Å². The molecule has 1 atom stereocenters. The van der Waals surface area contributed by atoms with E-state index in [2.05, 4.69) is 37.2 Å². The van der Waals surface area contributed by atoms with E-state index in [0.29, 0.717) is 59.0 Å². The van der Waals surface area contributed by atoms with Crippen LogP contribution in [0.25, 0.3) is 22.2 Å². The second-order valence-electron chi connectivity index (χ2n) is 10.3. The Bertz CT molecular complexity index is 1560. The minimum Gasteiger partial charge on any atom is -0.471 e. The third-order valence-electron chi connectivity index (χ3n) is 6.41. The lowest BCUT2D eigenvalue weighted by Gasteiger charge is -2.15. The van der Waals surface area contributed by atoms with Crippen molar-refractivity contribution in [1.82, 2.24) is 35.5 Å². The second-order valence-corrected chi connectivity index (χ2v) is 10.3. The second kappa shape index (κ2) is 10.3. The number of amides is 2. The molecule has 12 heteroatoms. The number of aromatic amines is 1. The van der Waals surface area contributed by atoms with Crippen LogP contribution in [0.2, 0.25) is 0 Å². The zero-order valence-corrected chi connectivity index (χ0v) is 21.8. The van der Waals surface area contributed by atoms with Crippen molar-refractivity contribution in [3.05, 3.63) is 66.2 Å². The quantitative estimate of drug-likeness (QED) is 0.344. The number of carbonyl (C=O) groups is 2. The molecule has 5 rings (SSSR count). The molecule has 1 unspecified atom stereocenters. The molecule has 3 aromatic heterocycles. The third-order valence-corrected chi connectivity index (χ3v) is 6.41. The molecule has 0 bridgehead atoms. The van der Waals surface area contributed by atoms with Crippen molar-refractivity contribution in [3.8, 4) is 17.0 Å². The minimum absolute atomic E-state index is 0.0578. The molecule has 0 saturated carbocycles. The van der Waals surface area contributed by atoms with Gasteiger partial charge >= 0.3 is 0 Å². The Balaban J connectivity index is 1.32. The van der Waals surface area contributed by atoms with Gasteiger partial charge in [-0.2, -0.15) is 4.98 Å². The predicted molar refractivity (Wildman–Crippen MR) is 139 cm³/mol. The van der Waals surface area contributed by atoms with Gasteiger partial charge in [-0.1, -0.05) is 44.6 Å². The van der Waals surface area contributed by atoms with Crippen LogP contribution in [-0.4, -0.2) is 61.2 Å². The SMILES string of the molecule is C=CC(=O)N1CCC(Oc2n[nH]c3nccc(-c4ccc(CNC(=O)c5noc(C(C)(C)C)n5)c(F)c4)c23)C1. The first-order chi connectivity index (χ1) is 18.6. The Morgan fingerprint density at radius 1 is 1.33 bits per heavy atom. The molecule has 1 aliphatic heterocycles. The molecule has 1 aromatic carbocycles. The van der Waals surface area contributed by atoms with Gasteiger partial charge in [0.25, 0.3) is 11.7 Å². The van der Waals surface area contributed by atoms with Gasteiger partial charge in [-0.3, -0.25) is 14.7 Å². The number of rotatable bonds is 7. The number of halogens is 1. The Morgan fingerprint density at radius 3 is 2.87 bits per heavy atom. The van der Waals surface area contributed by atoms with E-state index in [1.54, 1.807) is 29.3 Å². The highest BCUT2D eigenvalue weighted by atomic mass is 19.1. The third kappa shape index (κ3) is 5.35. The normalized spacial score (nSPS) is 15.5. The number of nitrogens with one attached hydrogen (secondary N) is 2. The van der Waals surface area contributed by atoms with Gasteiger partial charge in [0.15, 0.2) is 5.65 Å². The summed E-state index contributed by atoms with van der Waals surface area (Å²) in [5.74, 6) is -0.644. The highest BCUT2D eigenvalue weighted by Crippen LogP contribution is 2.34. The lowest BCUT2D eigenvalue weighted by molar-refractivity contribution is -0.125. The van der Waals surface area contributed by atoms with Crippen LogP contribution in [0.1, 0.15) is 49.3 Å². The van der Waals surface area contributed by atoms with Crippen molar-refractivity contribution in [3.63, 3.8) is 0 Å². The molecule has 1 fully saturated rings. The van der Waals surface area contributed by atoms with Crippen LogP contribution >= 0.6 is 0 Å². The van der Waals surface area contributed by atoms with Crippen LogP contribution in [0.15, 0.2) is 47.6 Å². The van der Waals surface area contributed by atoms with E-state index in [1.165, 1.54) is 12.1 Å². The number of carbonyl (C=O) groups excluding carboxylic acids is 2. The fourth-order valence-electron chi connectivity index (χ4n) is 4.29. The molecule has 0 aliphatic carbocycles. The van der Waals surface area contributed by atoms with Crippen LogP contribution in [-0.2, 0) is 16.8 Å². The molecule has 0 radical (unpaired) electrons.